The van der Waals surface area contributed by atoms with Crippen molar-refractivity contribution < 1.29 is 159 Å². The molecule has 6 saturated heterocycles. The third-order valence-electron chi connectivity index (χ3n) is 21.3. The summed E-state index contributed by atoms with van der Waals surface area (Å²) in [5.74, 6) is -1.35. The van der Waals surface area contributed by atoms with Crippen molar-refractivity contribution in [2.24, 2.45) is 28.1 Å². The molecular weight excluding hydrogens is 1180 g/mol. The summed E-state index contributed by atoms with van der Waals surface area (Å²) in [6.07, 6.45) is -50.1. The van der Waals surface area contributed by atoms with Crippen LogP contribution in [0.4, 0.5) is 0 Å². The third-order valence-corrected chi connectivity index (χ3v) is 21.3. The molecule has 1 spiro atoms. The summed E-state index contributed by atoms with van der Waals surface area (Å²) < 4.78 is 73.2. The summed E-state index contributed by atoms with van der Waals surface area (Å²) in [7, 11) is 0. The summed E-state index contributed by atoms with van der Waals surface area (Å²) in [5.41, 5.74) is -3.13. The maximum absolute atomic E-state index is 15.4. The van der Waals surface area contributed by atoms with Crippen LogP contribution in [-0.4, -0.2) is 326 Å². The fraction of sp³-hybridized carbons (Fsp3) is 0.946. The van der Waals surface area contributed by atoms with Crippen molar-refractivity contribution in [1.29, 1.82) is 0 Å². The second-order valence-corrected chi connectivity index (χ2v) is 26.4. The zero-order valence-electron chi connectivity index (χ0n) is 48.9. The van der Waals surface area contributed by atoms with Crippen LogP contribution in [0, 0.1) is 28.1 Å². The van der Waals surface area contributed by atoms with Gasteiger partial charge < -0.3 is 154 Å². The zero-order valence-corrected chi connectivity index (χ0v) is 48.9. The van der Waals surface area contributed by atoms with E-state index in [2.05, 4.69) is 13.5 Å². The zero-order chi connectivity index (χ0) is 64.0. The molecule has 0 aromatic carbocycles. The van der Waals surface area contributed by atoms with Crippen LogP contribution in [-0.2, 0) is 61.6 Å². The van der Waals surface area contributed by atoms with E-state index in [1.165, 1.54) is 6.92 Å². The minimum atomic E-state index is -2.03. The Hall–Kier alpha value is -1.99. The van der Waals surface area contributed by atoms with Crippen molar-refractivity contribution >= 4 is 5.97 Å². The molecule has 0 unspecified atom stereocenters. The van der Waals surface area contributed by atoms with E-state index in [4.69, 9.17) is 56.8 Å². The molecule has 32 heteroatoms. The van der Waals surface area contributed by atoms with Gasteiger partial charge in [0.25, 0.3) is 0 Å². The predicted molar refractivity (Wildman–Crippen MR) is 283 cm³/mol. The summed E-state index contributed by atoms with van der Waals surface area (Å²) in [6, 6.07) is 0. The smallest absolute Gasteiger partial charge is 0.314 e. The van der Waals surface area contributed by atoms with Crippen molar-refractivity contribution in [3.05, 3.63) is 12.2 Å². The standard InChI is InChI=1S/C56H90O32/c1-19-12-55-10-6-26-53(3,8-5-9-54(26,4)52(76)87-50-44(85-46-38(72)34(68)28(62)20(2)77-46)42(32(66)24(16-60)81-50)83-47-39(73)35(69)29(63)21(13-57)78-47)27(55)7-11-56(19,18-55)88-51-45(86-49-41(75)37(71)31(65)23(15-59)80-49)43(33(67)25(17-61)82-51)84-48-40(74)36(70)30(64)22(14-58)79-48/h20-51,57-75H,1,5-18H2,2-4H3/t20-,21-,22-,23+,24-,25-,26+,27+,28-,29-,30-,31+,32-,33-,34+,35+,36+,37-,38+,39-,40-,41+,42+,43+,44-,45-,46-,47+,48+,49-,50+,51+,53-,54-,55-,56+/m1/s1. The van der Waals surface area contributed by atoms with Crippen LogP contribution < -0.4 is 0 Å². The first kappa shape index (κ1) is 68.9. The van der Waals surface area contributed by atoms with Gasteiger partial charge in [-0.25, -0.2) is 0 Å². The molecule has 10 rings (SSSR count). The number of rotatable bonds is 17. The summed E-state index contributed by atoms with van der Waals surface area (Å²) in [6.45, 7) is 5.42. The molecule has 0 aromatic heterocycles. The van der Waals surface area contributed by atoms with Crippen molar-refractivity contribution in [2.45, 2.75) is 268 Å². The maximum atomic E-state index is 15.4. The van der Waals surface area contributed by atoms with Gasteiger partial charge in [0.1, 0.15) is 134 Å². The molecule has 6 heterocycles. The normalized spacial score (nSPS) is 55.0. The topological polar surface area (TPSA) is 512 Å². The fourth-order valence-electron chi connectivity index (χ4n) is 16.4. The molecule has 4 saturated carbocycles. The Morgan fingerprint density at radius 3 is 1.31 bits per heavy atom. The largest absolute Gasteiger partial charge is 0.432 e. The monoisotopic (exact) mass is 1270 g/mol. The maximum Gasteiger partial charge on any atom is 0.314 e. The highest BCUT2D eigenvalue weighted by Crippen LogP contribution is 2.74. The third kappa shape index (κ3) is 12.0. The quantitative estimate of drug-likeness (QED) is 0.0365. The van der Waals surface area contributed by atoms with Gasteiger partial charge in [-0.05, 0) is 93.5 Å². The van der Waals surface area contributed by atoms with E-state index in [0.29, 0.717) is 56.9 Å². The average Bonchev–Trinajstić information content (AvgIpc) is 1.53. The molecule has 32 nitrogen and oxygen atoms in total. The number of carbonyl (C=O) groups is 1. The Kier molecular flexibility index (Phi) is 20.9. The summed E-state index contributed by atoms with van der Waals surface area (Å²) >= 11 is 0. The van der Waals surface area contributed by atoms with Crippen LogP contribution in [0.5, 0.6) is 0 Å². The van der Waals surface area contributed by atoms with Gasteiger partial charge in [-0.1, -0.05) is 19.9 Å². The molecule has 4 aliphatic carbocycles. The molecule has 10 aliphatic rings. The van der Waals surface area contributed by atoms with Crippen molar-refractivity contribution in [1.82, 2.24) is 0 Å². The lowest BCUT2D eigenvalue weighted by molar-refractivity contribution is -0.400. The number of aliphatic hydroxyl groups is 19. The number of carbonyl (C=O) groups excluding carboxylic acids is 1. The Balaban J connectivity index is 0.919. The summed E-state index contributed by atoms with van der Waals surface area (Å²) in [4.78, 5) is 15.4. The fourth-order valence-corrected chi connectivity index (χ4v) is 16.4. The molecule has 0 aromatic rings. The lowest BCUT2D eigenvalue weighted by Gasteiger charge is -2.64. The molecule has 0 amide bonds. The van der Waals surface area contributed by atoms with Crippen LogP contribution in [0.15, 0.2) is 12.2 Å². The van der Waals surface area contributed by atoms with Gasteiger partial charge in [0, 0.05) is 0 Å². The molecular formula is C56H90O32. The molecule has 6 aliphatic heterocycles. The molecule has 10 fully saturated rings. The van der Waals surface area contributed by atoms with Crippen LogP contribution in [0.25, 0.3) is 0 Å². The lowest BCUT2D eigenvalue weighted by atomic mass is 9.41. The first-order valence-corrected chi connectivity index (χ1v) is 30.3. The van der Waals surface area contributed by atoms with E-state index in [1.807, 2.05) is 0 Å². The van der Waals surface area contributed by atoms with Crippen molar-refractivity contribution in [3.63, 3.8) is 0 Å². The van der Waals surface area contributed by atoms with Crippen molar-refractivity contribution in [3.8, 4) is 0 Å². The highest BCUT2D eigenvalue weighted by molar-refractivity contribution is 5.77. The first-order valence-electron chi connectivity index (χ1n) is 30.3. The number of aliphatic hydroxyl groups excluding tert-OH is 19. The second-order valence-electron chi connectivity index (χ2n) is 26.4. The SMILES string of the molecule is C=C1C[C@@]23CC[C@H]4[C@@](C)(CCC[C@@]4(C)C(=O)O[C@@H]4O[C@H](CO)[C@@H](O)[C@H](O[C@@H]5O[C@H](CO)[C@@H](O)[C@H](O)[C@H]5O)[C@H]4O[C@H]4O[C@H](C)[C@@H](O)[C@H](O)[C@@H]4O)[C@@H]2CC[C@]1(O[C@@H]1O[C@H](CO)[C@@H](O)[C@H](O[C@@H]2O[C@H](CO)[C@@H](O)[C@H](O)[C@H]2O)[C@H]1O[C@H]1O[C@@H](CO)[C@H](O)[C@@H](O)[C@@H]1O)C3. The van der Waals surface area contributed by atoms with Crippen molar-refractivity contribution in [2.75, 3.05) is 33.0 Å². The van der Waals surface area contributed by atoms with E-state index in [0.717, 1.165) is 0 Å². The first-order chi connectivity index (χ1) is 41.6. The number of fused-ring (bicyclic) bond motifs is 3. The van der Waals surface area contributed by atoms with E-state index in [9.17, 15) is 97.0 Å². The molecule has 2 bridgehead atoms. The predicted octanol–water partition coefficient (Wildman–Crippen LogP) is -8.44. The van der Waals surface area contributed by atoms with Gasteiger partial charge in [-0.2, -0.15) is 0 Å². The van der Waals surface area contributed by atoms with E-state index < -0.39 is 251 Å². The Morgan fingerprint density at radius 2 is 0.841 bits per heavy atom. The van der Waals surface area contributed by atoms with E-state index >= 15 is 4.79 Å². The highest BCUT2D eigenvalue weighted by Gasteiger charge is 2.70. The molecule has 88 heavy (non-hydrogen) atoms. The number of hydrogen-bond donors (Lipinski definition) is 19. The van der Waals surface area contributed by atoms with Gasteiger partial charge in [0.05, 0.1) is 50.2 Å². The van der Waals surface area contributed by atoms with Gasteiger partial charge in [0.15, 0.2) is 37.6 Å². The average molecular weight is 1280 g/mol. The van der Waals surface area contributed by atoms with Crippen LogP contribution in [0.1, 0.15) is 78.6 Å². The van der Waals surface area contributed by atoms with Gasteiger partial charge >= 0.3 is 5.97 Å². The number of ether oxygens (including phenoxy) is 12. The van der Waals surface area contributed by atoms with Gasteiger partial charge in [0.2, 0.25) is 6.29 Å². The van der Waals surface area contributed by atoms with Gasteiger partial charge in [-0.3, -0.25) is 4.79 Å². The number of hydrogen-bond acceptors (Lipinski definition) is 32. The molecule has 36 atom stereocenters. The minimum absolute atomic E-state index is 0.133. The van der Waals surface area contributed by atoms with Crippen LogP contribution in [0.2, 0.25) is 0 Å². The molecule has 0 radical (unpaired) electrons. The molecule has 19 N–H and O–H groups in total. The number of esters is 1. The second kappa shape index (κ2) is 26.7. The lowest BCUT2D eigenvalue weighted by Crippen LogP contribution is -2.68. The Labute approximate surface area is 505 Å². The van der Waals surface area contributed by atoms with E-state index in [-0.39, 0.29) is 12.3 Å². The van der Waals surface area contributed by atoms with Gasteiger partial charge in [-0.15, -0.1) is 0 Å². The summed E-state index contributed by atoms with van der Waals surface area (Å²) in [5, 5.41) is 205. The minimum Gasteiger partial charge on any atom is -0.432 e. The Morgan fingerprint density at radius 1 is 0.455 bits per heavy atom. The molecule has 506 valence electrons. The highest BCUT2D eigenvalue weighted by atomic mass is 16.8. The van der Waals surface area contributed by atoms with Crippen LogP contribution >= 0.6 is 0 Å². The van der Waals surface area contributed by atoms with Crippen LogP contribution in [0.3, 0.4) is 0 Å². The van der Waals surface area contributed by atoms with E-state index in [1.54, 1.807) is 6.92 Å². The Bertz CT molecular complexity index is 2380.